The Morgan fingerprint density at radius 2 is 2.08 bits per heavy atom. The quantitative estimate of drug-likeness (QED) is 0.652. The highest BCUT2D eigenvalue weighted by Gasteiger charge is 2.31. The Kier molecular flexibility index (Phi) is 4.34. The van der Waals surface area contributed by atoms with Crippen LogP contribution in [0.5, 0.6) is 0 Å². The smallest absolute Gasteiger partial charge is 0.291 e. The maximum absolute atomic E-state index is 10.4. The first-order valence-corrected chi connectivity index (χ1v) is 5.86. The van der Waals surface area contributed by atoms with Crippen LogP contribution in [-0.4, -0.2) is 6.10 Å². The van der Waals surface area contributed by atoms with Gasteiger partial charge in [0, 0.05) is 0 Å². The molecule has 1 fully saturated rings. The first-order valence-electron chi connectivity index (χ1n) is 5.13. The molecule has 1 aliphatic carbocycles. The first kappa shape index (κ1) is 11.1. The lowest BCUT2D eigenvalue weighted by atomic mass is 9.75. The van der Waals surface area contributed by atoms with Crippen molar-refractivity contribution < 1.29 is 9.09 Å². The third-order valence-electron chi connectivity index (χ3n) is 3.14. The summed E-state index contributed by atoms with van der Waals surface area (Å²) in [5.41, 5.74) is 0. The molecule has 3 heteroatoms. The van der Waals surface area contributed by atoms with E-state index in [0.29, 0.717) is 11.8 Å². The summed E-state index contributed by atoms with van der Waals surface area (Å²) in [4.78, 5) is 0. The highest BCUT2D eigenvalue weighted by molar-refractivity contribution is 7.17. The molecule has 76 valence electrons. The second-order valence-electron chi connectivity index (χ2n) is 4.54. The van der Waals surface area contributed by atoms with Crippen molar-refractivity contribution in [2.45, 2.75) is 46.1 Å². The van der Waals surface area contributed by atoms with Crippen LogP contribution in [0.25, 0.3) is 0 Å². The van der Waals surface area contributed by atoms with Crippen LogP contribution in [0.3, 0.4) is 0 Å². The zero-order valence-electron chi connectivity index (χ0n) is 8.69. The van der Waals surface area contributed by atoms with Crippen LogP contribution in [0.1, 0.15) is 40.0 Å². The maximum Gasteiger partial charge on any atom is 0.327 e. The van der Waals surface area contributed by atoms with Crippen LogP contribution in [0, 0.1) is 17.8 Å². The number of hydrogen-bond acceptors (Lipinski definition) is 2. The van der Waals surface area contributed by atoms with Crippen molar-refractivity contribution in [3.05, 3.63) is 0 Å². The average Bonchev–Trinajstić information content (AvgIpc) is 2.04. The maximum atomic E-state index is 10.4. The molecule has 0 saturated heterocycles. The van der Waals surface area contributed by atoms with Gasteiger partial charge in [0.2, 0.25) is 0 Å². The van der Waals surface area contributed by atoms with Crippen molar-refractivity contribution >= 4 is 8.69 Å². The van der Waals surface area contributed by atoms with Gasteiger partial charge in [0.25, 0.3) is 0 Å². The number of rotatable bonds is 3. The zero-order chi connectivity index (χ0) is 9.84. The molecule has 0 bridgehead atoms. The van der Waals surface area contributed by atoms with E-state index in [4.69, 9.17) is 4.52 Å². The van der Waals surface area contributed by atoms with E-state index < -0.39 is 0 Å². The molecule has 0 radical (unpaired) electrons. The second-order valence-corrected chi connectivity index (χ2v) is 4.90. The molecular weight excluding hydrogens is 183 g/mol. The Hall–Kier alpha value is 0.0600. The van der Waals surface area contributed by atoms with Gasteiger partial charge >= 0.3 is 8.69 Å². The van der Waals surface area contributed by atoms with Crippen LogP contribution >= 0.6 is 8.69 Å². The lowest BCUT2D eigenvalue weighted by molar-refractivity contribution is 0.0560. The van der Waals surface area contributed by atoms with Gasteiger partial charge in [-0.3, -0.25) is 4.52 Å². The predicted molar refractivity (Wildman–Crippen MR) is 53.8 cm³/mol. The number of hydrogen-bond donors (Lipinski definition) is 0. The molecule has 0 aromatic heterocycles. The summed E-state index contributed by atoms with van der Waals surface area (Å²) in [7, 11) is -0.156. The molecule has 13 heavy (non-hydrogen) atoms. The fraction of sp³-hybridized carbons (Fsp3) is 1.00. The fourth-order valence-electron chi connectivity index (χ4n) is 2.29. The lowest BCUT2D eigenvalue weighted by Gasteiger charge is -2.35. The van der Waals surface area contributed by atoms with Crippen LogP contribution in [0.2, 0.25) is 0 Å². The van der Waals surface area contributed by atoms with Crippen LogP contribution in [0.15, 0.2) is 0 Å². The minimum Gasteiger partial charge on any atom is -0.291 e. The topological polar surface area (TPSA) is 26.3 Å². The summed E-state index contributed by atoms with van der Waals surface area (Å²) < 4.78 is 15.7. The molecular formula is C10H19O2P. The minimum atomic E-state index is -0.156. The summed E-state index contributed by atoms with van der Waals surface area (Å²) in [5.74, 6) is 1.96. The molecule has 0 unspecified atom stereocenters. The summed E-state index contributed by atoms with van der Waals surface area (Å²) in [6.07, 6.45) is 3.79. The molecule has 1 saturated carbocycles. The first-order chi connectivity index (χ1) is 6.15. The molecule has 2 nitrogen and oxygen atoms in total. The zero-order valence-corrected chi connectivity index (χ0v) is 9.59. The monoisotopic (exact) mass is 202 g/mol. The Balaban J connectivity index is 2.54. The molecule has 1 rings (SSSR count). The van der Waals surface area contributed by atoms with Crippen LogP contribution < -0.4 is 0 Å². The summed E-state index contributed by atoms with van der Waals surface area (Å²) in [6.45, 7) is 6.69. The normalized spacial score (nSPS) is 35.5. The molecule has 3 atom stereocenters. The van der Waals surface area contributed by atoms with E-state index in [1.807, 2.05) is 0 Å². The Morgan fingerprint density at radius 3 is 2.62 bits per heavy atom. The molecule has 1 aliphatic rings. The molecule has 0 aromatic rings. The van der Waals surface area contributed by atoms with Crippen molar-refractivity contribution in [3.8, 4) is 0 Å². The van der Waals surface area contributed by atoms with Gasteiger partial charge in [0.1, 0.15) is 0 Å². The van der Waals surface area contributed by atoms with Gasteiger partial charge in [-0.2, -0.15) is 0 Å². The van der Waals surface area contributed by atoms with Crippen LogP contribution in [-0.2, 0) is 9.09 Å². The molecule has 0 amide bonds. The molecule has 0 aliphatic heterocycles. The van der Waals surface area contributed by atoms with E-state index in [-0.39, 0.29) is 14.8 Å². The van der Waals surface area contributed by atoms with Gasteiger partial charge in [-0.05, 0) is 30.6 Å². The third kappa shape index (κ3) is 3.03. The van der Waals surface area contributed by atoms with Gasteiger partial charge < -0.3 is 0 Å². The molecule has 0 heterocycles. The molecule has 0 spiro atoms. The van der Waals surface area contributed by atoms with Crippen LogP contribution in [0.4, 0.5) is 0 Å². The average molecular weight is 202 g/mol. The van der Waals surface area contributed by atoms with E-state index in [2.05, 4.69) is 20.8 Å². The van der Waals surface area contributed by atoms with E-state index >= 15 is 0 Å². The lowest BCUT2D eigenvalue weighted by Crippen LogP contribution is -2.32. The van der Waals surface area contributed by atoms with E-state index in [9.17, 15) is 4.57 Å². The van der Waals surface area contributed by atoms with Gasteiger partial charge in [-0.15, -0.1) is 0 Å². The Bertz CT molecular complexity index is 170. The van der Waals surface area contributed by atoms with Gasteiger partial charge in [0.05, 0.1) is 6.10 Å². The summed E-state index contributed by atoms with van der Waals surface area (Å²) in [6, 6.07) is 0. The largest absolute Gasteiger partial charge is 0.327 e. The van der Waals surface area contributed by atoms with Crippen molar-refractivity contribution in [2.24, 2.45) is 17.8 Å². The van der Waals surface area contributed by atoms with E-state index in [1.165, 1.54) is 12.8 Å². The second kappa shape index (κ2) is 5.07. The van der Waals surface area contributed by atoms with Crippen molar-refractivity contribution in [3.63, 3.8) is 0 Å². The Morgan fingerprint density at radius 1 is 1.38 bits per heavy atom. The molecule has 0 aromatic carbocycles. The molecule has 0 N–H and O–H groups in total. The SMILES string of the molecule is CC(C)[C@@H]1CC[C@@H](C)C[C@H]1OP=O. The van der Waals surface area contributed by atoms with Crippen molar-refractivity contribution in [1.82, 2.24) is 0 Å². The minimum absolute atomic E-state index is 0.156. The standard InChI is InChI=1S/C10H19O2P/c1-7(2)9-5-4-8(3)6-10(9)12-13-11/h7-10H,4-6H2,1-3H3/t8-,9+,10-/m1/s1. The summed E-state index contributed by atoms with van der Waals surface area (Å²) in [5, 5.41) is 0. The van der Waals surface area contributed by atoms with E-state index in [0.717, 1.165) is 12.3 Å². The van der Waals surface area contributed by atoms with Crippen molar-refractivity contribution in [1.29, 1.82) is 0 Å². The fourth-order valence-corrected chi connectivity index (χ4v) is 2.64. The van der Waals surface area contributed by atoms with Gasteiger partial charge in [-0.1, -0.05) is 27.2 Å². The van der Waals surface area contributed by atoms with E-state index in [1.54, 1.807) is 0 Å². The third-order valence-corrected chi connectivity index (χ3v) is 3.50. The highest BCUT2D eigenvalue weighted by Crippen LogP contribution is 2.36. The summed E-state index contributed by atoms with van der Waals surface area (Å²) >= 11 is 0. The Labute approximate surface area is 82.3 Å². The highest BCUT2D eigenvalue weighted by atomic mass is 31.1. The predicted octanol–water partition coefficient (Wildman–Crippen LogP) is 3.67. The van der Waals surface area contributed by atoms with Gasteiger partial charge in [0.15, 0.2) is 0 Å². The van der Waals surface area contributed by atoms with Crippen molar-refractivity contribution in [2.75, 3.05) is 0 Å². The van der Waals surface area contributed by atoms with Gasteiger partial charge in [-0.25, -0.2) is 4.57 Å².